The molecule has 8 heteroatoms. The molecule has 1 fully saturated rings. The molecule has 2 aliphatic rings. The highest BCUT2D eigenvalue weighted by Crippen LogP contribution is 2.28. The number of rotatable bonds is 5. The Balaban J connectivity index is 1.52. The third kappa shape index (κ3) is 5.06. The molecule has 1 atom stereocenters. The molecule has 0 bridgehead atoms. The summed E-state index contributed by atoms with van der Waals surface area (Å²) in [5.74, 6) is 0.221. The molecule has 2 aromatic rings. The van der Waals surface area contributed by atoms with E-state index in [4.69, 9.17) is 4.74 Å². The molecular weight excluding hydrogens is 418 g/mol. The number of morpholine rings is 1. The Bertz CT molecular complexity index is 1040. The van der Waals surface area contributed by atoms with Crippen molar-refractivity contribution in [3.63, 3.8) is 0 Å². The number of carbonyl (C=O) groups excluding carboxylic acids is 2. The minimum atomic E-state index is -1.07. The van der Waals surface area contributed by atoms with Crippen molar-refractivity contribution in [3.05, 3.63) is 65.5 Å². The molecule has 1 aromatic carbocycles. The van der Waals surface area contributed by atoms with Crippen LogP contribution in [-0.4, -0.2) is 84.1 Å². The van der Waals surface area contributed by atoms with Crippen molar-refractivity contribution >= 4 is 17.8 Å². The highest BCUT2D eigenvalue weighted by Gasteiger charge is 2.47. The molecule has 2 aliphatic heterocycles. The second-order valence-corrected chi connectivity index (χ2v) is 8.82. The first-order chi connectivity index (χ1) is 15.9. The molecule has 3 heterocycles. The Labute approximate surface area is 194 Å². The first kappa shape index (κ1) is 22.9. The van der Waals surface area contributed by atoms with Gasteiger partial charge in [0, 0.05) is 45.8 Å². The van der Waals surface area contributed by atoms with Gasteiger partial charge in [-0.1, -0.05) is 42.5 Å². The minimum Gasteiger partial charge on any atom is -0.361 e. The molecule has 1 saturated heterocycles. The van der Waals surface area contributed by atoms with Crippen LogP contribution in [0, 0.1) is 6.92 Å². The summed E-state index contributed by atoms with van der Waals surface area (Å²) in [4.78, 5) is 41.1. The maximum atomic E-state index is 13.6. The molecule has 2 amide bonds. The van der Waals surface area contributed by atoms with Crippen LogP contribution in [0.2, 0.25) is 0 Å². The summed E-state index contributed by atoms with van der Waals surface area (Å²) in [6.07, 6.45) is 5.22. The number of aryl methyl sites for hydroxylation is 1. The van der Waals surface area contributed by atoms with Crippen molar-refractivity contribution in [3.8, 4) is 0 Å². The van der Waals surface area contributed by atoms with Gasteiger partial charge >= 0.3 is 0 Å². The van der Waals surface area contributed by atoms with Crippen molar-refractivity contribution in [2.45, 2.75) is 25.4 Å². The van der Waals surface area contributed by atoms with Gasteiger partial charge in [0.2, 0.25) is 5.95 Å². The van der Waals surface area contributed by atoms with E-state index in [9.17, 15) is 9.59 Å². The third-order valence-corrected chi connectivity index (χ3v) is 6.06. The summed E-state index contributed by atoms with van der Waals surface area (Å²) in [6, 6.07) is 11.8. The fraction of sp³-hybridized carbons (Fsp3) is 0.440. The van der Waals surface area contributed by atoms with Crippen molar-refractivity contribution in [2.24, 2.45) is 0 Å². The smallest absolute Gasteiger partial charge is 0.272 e. The second kappa shape index (κ2) is 9.70. The Morgan fingerprint density at radius 3 is 2.73 bits per heavy atom. The van der Waals surface area contributed by atoms with Gasteiger partial charge in [0.15, 0.2) is 5.60 Å². The van der Waals surface area contributed by atoms with E-state index in [0.717, 1.165) is 12.1 Å². The largest absolute Gasteiger partial charge is 0.361 e. The van der Waals surface area contributed by atoms with E-state index in [0.29, 0.717) is 44.3 Å². The molecular formula is C25H31N5O3. The predicted octanol–water partition coefficient (Wildman–Crippen LogP) is 2.09. The number of aromatic nitrogens is 2. The lowest BCUT2D eigenvalue weighted by atomic mass is 9.95. The Morgan fingerprint density at radius 2 is 1.97 bits per heavy atom. The number of nitrogens with zero attached hydrogens (tertiary/aromatic N) is 5. The number of carbonyl (C=O) groups is 2. The normalized spacial score (nSPS) is 20.8. The van der Waals surface area contributed by atoms with Crippen LogP contribution in [0.5, 0.6) is 0 Å². The quantitative estimate of drug-likeness (QED) is 0.651. The van der Waals surface area contributed by atoms with E-state index in [1.54, 1.807) is 15.9 Å². The van der Waals surface area contributed by atoms with Crippen molar-refractivity contribution in [1.29, 1.82) is 0 Å². The van der Waals surface area contributed by atoms with E-state index >= 15 is 0 Å². The summed E-state index contributed by atoms with van der Waals surface area (Å²) < 4.78 is 6.11. The summed E-state index contributed by atoms with van der Waals surface area (Å²) in [6.45, 7) is 3.92. The molecule has 8 nitrogen and oxygen atoms in total. The van der Waals surface area contributed by atoms with Crippen molar-refractivity contribution in [1.82, 2.24) is 19.8 Å². The molecule has 0 unspecified atom stereocenters. The second-order valence-electron chi connectivity index (χ2n) is 8.82. The molecule has 1 aromatic heterocycles. The van der Waals surface area contributed by atoms with E-state index < -0.39 is 5.60 Å². The lowest BCUT2D eigenvalue weighted by Crippen LogP contribution is -2.61. The highest BCUT2D eigenvalue weighted by molar-refractivity contribution is 5.94. The van der Waals surface area contributed by atoms with E-state index in [2.05, 4.69) is 22.1 Å². The molecule has 0 saturated carbocycles. The monoisotopic (exact) mass is 449 g/mol. The standard InChI is InChI=1S/C25H31N5O3/c1-19-17-21(27-24(26-19)28(2)3)22(31)30-15-16-33-25(18-30)12-7-8-13-29(23(25)32)14-11-20-9-5-4-6-10-20/h4-10,17H,11-16,18H2,1-3H3/t25-/m1/s1. The first-order valence-corrected chi connectivity index (χ1v) is 11.3. The number of hydrogen-bond donors (Lipinski definition) is 0. The average molecular weight is 450 g/mol. The molecule has 174 valence electrons. The molecule has 0 aliphatic carbocycles. The summed E-state index contributed by atoms with van der Waals surface area (Å²) >= 11 is 0. The van der Waals surface area contributed by atoms with Crippen LogP contribution in [0.3, 0.4) is 0 Å². The molecule has 0 N–H and O–H groups in total. The topological polar surface area (TPSA) is 78.9 Å². The van der Waals surface area contributed by atoms with E-state index in [1.165, 1.54) is 5.56 Å². The van der Waals surface area contributed by atoms with Crippen LogP contribution in [0.1, 0.15) is 28.2 Å². The van der Waals surface area contributed by atoms with Crippen LogP contribution in [-0.2, 0) is 16.0 Å². The van der Waals surface area contributed by atoms with Gasteiger partial charge in [-0.3, -0.25) is 9.59 Å². The summed E-state index contributed by atoms with van der Waals surface area (Å²) in [7, 11) is 3.68. The fourth-order valence-corrected chi connectivity index (χ4v) is 4.27. The molecule has 4 rings (SSSR count). The van der Waals surface area contributed by atoms with E-state index in [-0.39, 0.29) is 18.4 Å². The van der Waals surface area contributed by atoms with Crippen LogP contribution in [0.4, 0.5) is 5.95 Å². The Hall–Kier alpha value is -3.26. The number of amides is 2. The lowest BCUT2D eigenvalue weighted by Gasteiger charge is -2.42. The maximum absolute atomic E-state index is 13.6. The van der Waals surface area contributed by atoms with E-state index in [1.807, 2.05) is 56.3 Å². The average Bonchev–Trinajstić information content (AvgIpc) is 2.96. The van der Waals surface area contributed by atoms with Crippen molar-refractivity contribution in [2.75, 3.05) is 51.8 Å². The van der Waals surface area contributed by atoms with Gasteiger partial charge in [-0.25, -0.2) is 9.97 Å². The number of benzene rings is 1. The van der Waals surface area contributed by atoms with Gasteiger partial charge in [-0.05, 0) is 25.0 Å². The molecule has 1 spiro atoms. The van der Waals surface area contributed by atoms with Gasteiger partial charge < -0.3 is 19.4 Å². The van der Waals surface area contributed by atoms with Gasteiger partial charge in [0.25, 0.3) is 11.8 Å². The van der Waals surface area contributed by atoms with Gasteiger partial charge in [-0.15, -0.1) is 0 Å². The van der Waals surface area contributed by atoms with Crippen LogP contribution >= 0.6 is 0 Å². The fourth-order valence-electron chi connectivity index (χ4n) is 4.27. The van der Waals surface area contributed by atoms with Crippen LogP contribution < -0.4 is 4.90 Å². The number of ether oxygens (including phenoxy) is 1. The van der Waals surface area contributed by atoms with Crippen LogP contribution in [0.25, 0.3) is 0 Å². The zero-order valence-electron chi connectivity index (χ0n) is 19.5. The summed E-state index contributed by atoms with van der Waals surface area (Å²) in [5.41, 5.74) is 1.18. The van der Waals surface area contributed by atoms with Crippen LogP contribution in [0.15, 0.2) is 48.6 Å². The zero-order chi connectivity index (χ0) is 23.4. The maximum Gasteiger partial charge on any atom is 0.272 e. The highest BCUT2D eigenvalue weighted by atomic mass is 16.5. The van der Waals surface area contributed by atoms with Gasteiger partial charge in [0.1, 0.15) is 5.69 Å². The minimum absolute atomic E-state index is 0.0613. The predicted molar refractivity (Wildman–Crippen MR) is 126 cm³/mol. The number of hydrogen-bond acceptors (Lipinski definition) is 6. The first-order valence-electron chi connectivity index (χ1n) is 11.3. The summed E-state index contributed by atoms with van der Waals surface area (Å²) in [5, 5.41) is 0. The third-order valence-electron chi connectivity index (χ3n) is 6.06. The molecule has 33 heavy (non-hydrogen) atoms. The lowest BCUT2D eigenvalue weighted by molar-refractivity contribution is -0.166. The Kier molecular flexibility index (Phi) is 6.74. The number of anilines is 1. The molecule has 0 radical (unpaired) electrons. The SMILES string of the molecule is Cc1cc(C(=O)N2CCO[C@]3(CC=CCN(CCc4ccccc4)C3=O)C2)nc(N(C)C)n1. The Morgan fingerprint density at radius 1 is 1.18 bits per heavy atom. The van der Waals surface area contributed by atoms with Crippen molar-refractivity contribution < 1.29 is 14.3 Å². The van der Waals surface area contributed by atoms with Gasteiger partial charge in [-0.2, -0.15) is 0 Å². The van der Waals surface area contributed by atoms with Gasteiger partial charge in [0.05, 0.1) is 13.2 Å². The zero-order valence-corrected chi connectivity index (χ0v) is 19.5.